The highest BCUT2D eigenvalue weighted by atomic mass is 19.1. The molecule has 5 heteroatoms. The lowest BCUT2D eigenvalue weighted by Gasteiger charge is -2.38. The van der Waals surface area contributed by atoms with Gasteiger partial charge in [0.15, 0.2) is 0 Å². The van der Waals surface area contributed by atoms with Crippen molar-refractivity contribution in [1.29, 1.82) is 0 Å². The molecule has 4 rings (SSSR count). The van der Waals surface area contributed by atoms with E-state index in [2.05, 4.69) is 16.0 Å². The zero-order valence-corrected chi connectivity index (χ0v) is 16.3. The highest BCUT2D eigenvalue weighted by Gasteiger charge is 2.34. The number of nitrogens with zero attached hydrogens (tertiary/aromatic N) is 2. The van der Waals surface area contributed by atoms with E-state index in [0.29, 0.717) is 19.4 Å². The lowest BCUT2D eigenvalue weighted by molar-refractivity contribution is -0.0280. The van der Waals surface area contributed by atoms with E-state index < -0.39 is 5.60 Å². The number of aromatic nitrogens is 1. The highest BCUT2D eigenvalue weighted by molar-refractivity contribution is 5.29. The minimum Gasteiger partial charge on any atom is -0.489 e. The number of hydrogen-bond acceptors (Lipinski definition) is 4. The number of halogens is 1. The van der Waals surface area contributed by atoms with Crippen molar-refractivity contribution in [2.75, 3.05) is 13.1 Å². The van der Waals surface area contributed by atoms with E-state index in [9.17, 15) is 9.50 Å². The lowest BCUT2D eigenvalue weighted by Crippen LogP contribution is -2.42. The Labute approximate surface area is 170 Å². The number of benzene rings is 2. The van der Waals surface area contributed by atoms with Crippen molar-refractivity contribution in [3.8, 4) is 5.75 Å². The van der Waals surface area contributed by atoms with Gasteiger partial charge >= 0.3 is 0 Å². The third-order valence-electron chi connectivity index (χ3n) is 5.51. The first-order valence-electron chi connectivity index (χ1n) is 9.92. The number of aliphatic hydroxyl groups is 1. The molecule has 1 aliphatic heterocycles. The van der Waals surface area contributed by atoms with Gasteiger partial charge in [-0.2, -0.15) is 0 Å². The van der Waals surface area contributed by atoms with E-state index in [1.54, 1.807) is 24.5 Å². The van der Waals surface area contributed by atoms with E-state index in [1.807, 2.05) is 30.3 Å². The topological polar surface area (TPSA) is 45.6 Å². The van der Waals surface area contributed by atoms with Gasteiger partial charge < -0.3 is 9.84 Å². The van der Waals surface area contributed by atoms with Crippen LogP contribution < -0.4 is 4.74 Å². The fourth-order valence-electron chi connectivity index (χ4n) is 3.75. The van der Waals surface area contributed by atoms with Gasteiger partial charge in [-0.15, -0.1) is 0 Å². The van der Waals surface area contributed by atoms with Crippen LogP contribution in [0.4, 0.5) is 4.39 Å². The maximum atomic E-state index is 13.0. The minimum absolute atomic E-state index is 0.243. The first-order valence-corrected chi connectivity index (χ1v) is 9.92. The van der Waals surface area contributed by atoms with E-state index in [1.165, 1.54) is 17.7 Å². The molecule has 0 saturated carbocycles. The van der Waals surface area contributed by atoms with Crippen LogP contribution in [0, 0.1) is 5.82 Å². The number of pyridine rings is 1. The van der Waals surface area contributed by atoms with Gasteiger partial charge in [0.2, 0.25) is 0 Å². The van der Waals surface area contributed by atoms with Gasteiger partial charge in [0.05, 0.1) is 5.60 Å². The summed E-state index contributed by atoms with van der Waals surface area (Å²) in [6.45, 7) is 2.88. The van der Waals surface area contributed by atoms with Crippen molar-refractivity contribution in [3.05, 3.63) is 95.6 Å². The lowest BCUT2D eigenvalue weighted by atomic mass is 9.85. The normalized spacial score (nSPS) is 16.5. The molecule has 0 unspecified atom stereocenters. The van der Waals surface area contributed by atoms with Crippen molar-refractivity contribution in [1.82, 2.24) is 9.88 Å². The maximum Gasteiger partial charge on any atom is 0.123 e. The molecule has 0 atom stereocenters. The summed E-state index contributed by atoms with van der Waals surface area (Å²) in [4.78, 5) is 6.49. The summed E-state index contributed by atoms with van der Waals surface area (Å²) in [7, 11) is 0. The Kier molecular flexibility index (Phi) is 5.88. The second kappa shape index (κ2) is 8.72. The van der Waals surface area contributed by atoms with Crippen molar-refractivity contribution < 1.29 is 14.2 Å². The summed E-state index contributed by atoms with van der Waals surface area (Å²) in [5.74, 6) is 0.559. The Morgan fingerprint density at radius 3 is 2.52 bits per heavy atom. The molecule has 1 aromatic heterocycles. The Morgan fingerprint density at radius 1 is 1.00 bits per heavy atom. The summed E-state index contributed by atoms with van der Waals surface area (Å²) < 4.78 is 18.9. The number of hydrogen-bond donors (Lipinski definition) is 1. The quantitative estimate of drug-likeness (QED) is 0.680. The second-order valence-electron chi connectivity index (χ2n) is 7.61. The summed E-state index contributed by atoms with van der Waals surface area (Å²) in [6, 6.07) is 18.2. The average Bonchev–Trinajstić information content (AvgIpc) is 2.76. The molecule has 0 radical (unpaired) electrons. The Balaban J connectivity index is 1.32. The van der Waals surface area contributed by atoms with Crippen molar-refractivity contribution >= 4 is 0 Å². The molecule has 0 bridgehead atoms. The summed E-state index contributed by atoms with van der Waals surface area (Å²) in [5.41, 5.74) is 2.22. The minimum atomic E-state index is -0.787. The maximum absolute atomic E-state index is 13.0. The summed E-state index contributed by atoms with van der Waals surface area (Å²) in [5, 5.41) is 11.0. The second-order valence-corrected chi connectivity index (χ2v) is 7.61. The first kappa shape index (κ1) is 19.6. The molecule has 29 heavy (non-hydrogen) atoms. The molecule has 2 aromatic carbocycles. The molecule has 150 valence electrons. The predicted molar refractivity (Wildman–Crippen MR) is 110 cm³/mol. The SMILES string of the molecule is OC1(c2cccnc2)CCN(Cc2cccc(OCc3ccc(F)cc3)c2)CC1. The predicted octanol–water partition coefficient (Wildman–Crippen LogP) is 4.28. The summed E-state index contributed by atoms with van der Waals surface area (Å²) >= 11 is 0. The molecule has 0 spiro atoms. The van der Waals surface area contributed by atoms with Crippen LogP contribution in [0.25, 0.3) is 0 Å². The van der Waals surface area contributed by atoms with Crippen LogP contribution in [0.3, 0.4) is 0 Å². The molecule has 0 aliphatic carbocycles. The van der Waals surface area contributed by atoms with Crippen LogP contribution in [0.5, 0.6) is 5.75 Å². The van der Waals surface area contributed by atoms with Crippen molar-refractivity contribution in [2.24, 2.45) is 0 Å². The van der Waals surface area contributed by atoms with Gasteiger partial charge in [0.25, 0.3) is 0 Å². The third-order valence-corrected chi connectivity index (χ3v) is 5.51. The molecule has 2 heterocycles. The summed E-state index contributed by atoms with van der Waals surface area (Å²) in [6.07, 6.45) is 4.88. The van der Waals surface area contributed by atoms with E-state index >= 15 is 0 Å². The van der Waals surface area contributed by atoms with Crippen molar-refractivity contribution in [3.63, 3.8) is 0 Å². The van der Waals surface area contributed by atoms with Gasteiger partial charge in [-0.25, -0.2) is 4.39 Å². The van der Waals surface area contributed by atoms with Crippen LogP contribution in [-0.4, -0.2) is 28.1 Å². The molecule has 1 saturated heterocycles. The Morgan fingerprint density at radius 2 is 1.79 bits per heavy atom. The van der Waals surface area contributed by atoms with E-state index in [-0.39, 0.29) is 5.82 Å². The van der Waals surface area contributed by atoms with Crippen LogP contribution >= 0.6 is 0 Å². The fourth-order valence-corrected chi connectivity index (χ4v) is 3.75. The number of likely N-dealkylation sites (tertiary alicyclic amines) is 1. The number of ether oxygens (including phenoxy) is 1. The van der Waals surface area contributed by atoms with Crippen molar-refractivity contribution in [2.45, 2.75) is 31.6 Å². The monoisotopic (exact) mass is 392 g/mol. The molecule has 1 N–H and O–H groups in total. The van der Waals surface area contributed by atoms with Crippen LogP contribution in [0.15, 0.2) is 73.1 Å². The van der Waals surface area contributed by atoms with Crippen LogP contribution in [0.1, 0.15) is 29.5 Å². The molecular weight excluding hydrogens is 367 g/mol. The molecule has 0 amide bonds. The van der Waals surface area contributed by atoms with Crippen LogP contribution in [0.2, 0.25) is 0 Å². The molecule has 1 fully saturated rings. The van der Waals surface area contributed by atoms with Gasteiger partial charge in [-0.05, 0) is 54.3 Å². The van der Waals surface area contributed by atoms with Gasteiger partial charge in [0.1, 0.15) is 18.2 Å². The first-order chi connectivity index (χ1) is 14.1. The number of rotatable bonds is 6. The fraction of sp³-hybridized carbons (Fsp3) is 0.292. The molecule has 4 nitrogen and oxygen atoms in total. The smallest absolute Gasteiger partial charge is 0.123 e. The van der Waals surface area contributed by atoms with Gasteiger partial charge in [0, 0.05) is 37.6 Å². The zero-order chi connectivity index (χ0) is 20.1. The largest absolute Gasteiger partial charge is 0.489 e. The third kappa shape index (κ3) is 5.00. The van der Waals surface area contributed by atoms with E-state index in [4.69, 9.17) is 4.74 Å². The average molecular weight is 392 g/mol. The van der Waals surface area contributed by atoms with Gasteiger partial charge in [-0.3, -0.25) is 9.88 Å². The Hall–Kier alpha value is -2.76. The Bertz CT molecular complexity index is 923. The molecule has 3 aromatic rings. The van der Waals surface area contributed by atoms with E-state index in [0.717, 1.165) is 36.5 Å². The van der Waals surface area contributed by atoms with Crippen LogP contribution in [-0.2, 0) is 18.8 Å². The zero-order valence-electron chi connectivity index (χ0n) is 16.3. The standard InChI is InChI=1S/C24H25FN2O2/c25-22-8-6-19(7-9-22)18-29-23-5-1-3-20(15-23)17-27-13-10-24(28,11-14-27)21-4-2-12-26-16-21/h1-9,12,15-16,28H,10-11,13-14,17-18H2. The molecular formula is C24H25FN2O2. The number of piperidine rings is 1. The molecule has 1 aliphatic rings. The van der Waals surface area contributed by atoms with Gasteiger partial charge in [-0.1, -0.05) is 30.3 Å². The highest BCUT2D eigenvalue weighted by Crippen LogP contribution is 2.32.